The minimum atomic E-state index is 0.737. The normalized spacial score (nSPS) is 7.94. The molecule has 2 aromatic rings. The van der Waals surface area contributed by atoms with Gasteiger partial charge in [0.25, 0.3) is 0 Å². The second-order valence-electron chi connectivity index (χ2n) is 2.70. The number of hydrogen-bond acceptors (Lipinski definition) is 3. The molecule has 0 atom stereocenters. The topological polar surface area (TPSA) is 43.1 Å². The molecular weight excluding hydrogens is 202 g/mol. The summed E-state index contributed by atoms with van der Waals surface area (Å²) in [6.45, 7) is 5.99. The minimum absolute atomic E-state index is 0.737. The molecule has 86 valence electrons. The number of carbonyl (C=O) groups excluding carboxylic acids is 1. The van der Waals surface area contributed by atoms with Crippen molar-refractivity contribution in [2.24, 2.45) is 0 Å². The molecule has 3 heteroatoms. The van der Waals surface area contributed by atoms with Gasteiger partial charge in [-0.3, -0.25) is 4.79 Å². The van der Waals surface area contributed by atoms with Crippen molar-refractivity contribution in [2.45, 2.75) is 20.8 Å². The van der Waals surface area contributed by atoms with Gasteiger partial charge in [-0.25, -0.2) is 4.98 Å². The van der Waals surface area contributed by atoms with Gasteiger partial charge >= 0.3 is 0 Å². The van der Waals surface area contributed by atoms with E-state index in [-0.39, 0.29) is 0 Å². The number of aryl methyl sites for hydroxylation is 1. The van der Waals surface area contributed by atoms with Gasteiger partial charge in [0, 0.05) is 5.56 Å². The van der Waals surface area contributed by atoms with Crippen LogP contribution in [0.2, 0.25) is 0 Å². The Hall–Kier alpha value is -1.90. The second kappa shape index (κ2) is 9.65. The molecule has 0 N–H and O–H groups in total. The summed E-state index contributed by atoms with van der Waals surface area (Å²) in [5, 5.41) is 0. The van der Waals surface area contributed by atoms with E-state index < -0.39 is 0 Å². The number of rotatable bonds is 1. The van der Waals surface area contributed by atoms with Gasteiger partial charge in [-0.15, -0.1) is 0 Å². The summed E-state index contributed by atoms with van der Waals surface area (Å²) in [7, 11) is 0. The Kier molecular flexibility index (Phi) is 8.50. The zero-order chi connectivity index (χ0) is 12.2. The molecule has 3 nitrogen and oxygen atoms in total. The standard InChI is InChI=1S/C8H8O.C3H3NO.C2H6/c1-7-2-4-8(6-9)5-3-7;1-2-5-3-4-1;1-2/h2-6H,1H3;1-3H;1-2H3. The second-order valence-corrected chi connectivity index (χ2v) is 2.70. The third-order valence-electron chi connectivity index (χ3n) is 1.56. The zero-order valence-electron chi connectivity index (χ0n) is 9.88. The summed E-state index contributed by atoms with van der Waals surface area (Å²) in [5.74, 6) is 0. The molecule has 0 aliphatic heterocycles. The van der Waals surface area contributed by atoms with Crippen LogP contribution in [0.5, 0.6) is 0 Å². The van der Waals surface area contributed by atoms with Gasteiger partial charge in [0.1, 0.15) is 12.5 Å². The monoisotopic (exact) mass is 219 g/mol. The number of hydrogen-bond donors (Lipinski definition) is 0. The summed E-state index contributed by atoms with van der Waals surface area (Å²) < 4.78 is 4.47. The Morgan fingerprint density at radius 2 is 1.81 bits per heavy atom. The third-order valence-corrected chi connectivity index (χ3v) is 1.56. The van der Waals surface area contributed by atoms with E-state index in [1.807, 2.05) is 45.0 Å². The lowest BCUT2D eigenvalue weighted by Crippen LogP contribution is -1.77. The fourth-order valence-corrected chi connectivity index (χ4v) is 0.821. The molecule has 0 unspecified atom stereocenters. The van der Waals surface area contributed by atoms with Crippen molar-refractivity contribution >= 4 is 6.29 Å². The Balaban J connectivity index is 0.000000272. The van der Waals surface area contributed by atoms with E-state index in [4.69, 9.17) is 0 Å². The number of benzene rings is 1. The highest BCUT2D eigenvalue weighted by molar-refractivity contribution is 5.74. The number of nitrogens with zero attached hydrogens (tertiary/aromatic N) is 1. The van der Waals surface area contributed by atoms with Crippen molar-refractivity contribution in [3.63, 3.8) is 0 Å². The van der Waals surface area contributed by atoms with Crippen LogP contribution in [0, 0.1) is 6.92 Å². The number of carbonyl (C=O) groups is 1. The van der Waals surface area contributed by atoms with Crippen LogP contribution in [-0.4, -0.2) is 11.3 Å². The fourth-order valence-electron chi connectivity index (χ4n) is 0.821. The summed E-state index contributed by atoms with van der Waals surface area (Å²) >= 11 is 0. The first-order chi connectivity index (χ1) is 7.83. The SMILES string of the molecule is CC.Cc1ccc(C=O)cc1.c1cocn1. The molecule has 0 aliphatic rings. The Labute approximate surface area is 96.1 Å². The van der Waals surface area contributed by atoms with E-state index in [0.717, 1.165) is 11.8 Å². The Morgan fingerprint density at radius 1 is 1.19 bits per heavy atom. The summed E-state index contributed by atoms with van der Waals surface area (Å²) in [6, 6.07) is 7.46. The number of oxazole rings is 1. The molecule has 16 heavy (non-hydrogen) atoms. The Morgan fingerprint density at radius 3 is 2.12 bits per heavy atom. The van der Waals surface area contributed by atoms with Gasteiger partial charge in [-0.2, -0.15) is 0 Å². The summed E-state index contributed by atoms with van der Waals surface area (Å²) in [4.78, 5) is 13.7. The van der Waals surface area contributed by atoms with E-state index in [2.05, 4.69) is 9.40 Å². The van der Waals surface area contributed by atoms with Crippen LogP contribution in [0.1, 0.15) is 29.8 Å². The smallest absolute Gasteiger partial charge is 0.180 e. The predicted octanol–water partition coefficient (Wildman–Crippen LogP) is 3.51. The highest BCUT2D eigenvalue weighted by Gasteiger charge is 1.85. The van der Waals surface area contributed by atoms with E-state index in [0.29, 0.717) is 0 Å². The largest absolute Gasteiger partial charge is 0.452 e. The van der Waals surface area contributed by atoms with Crippen LogP contribution in [0.25, 0.3) is 0 Å². The lowest BCUT2D eigenvalue weighted by atomic mass is 10.2. The molecular formula is C13H17NO2. The van der Waals surface area contributed by atoms with Crippen molar-refractivity contribution in [1.82, 2.24) is 4.98 Å². The van der Waals surface area contributed by atoms with Crippen molar-refractivity contribution < 1.29 is 9.21 Å². The van der Waals surface area contributed by atoms with Crippen LogP contribution in [0.4, 0.5) is 0 Å². The highest BCUT2D eigenvalue weighted by Crippen LogP contribution is 1.98. The summed E-state index contributed by atoms with van der Waals surface area (Å²) in [5.41, 5.74) is 1.92. The molecule has 1 heterocycles. The molecule has 0 bridgehead atoms. The van der Waals surface area contributed by atoms with Crippen LogP contribution >= 0.6 is 0 Å². The maximum atomic E-state index is 10.1. The van der Waals surface area contributed by atoms with Crippen molar-refractivity contribution in [1.29, 1.82) is 0 Å². The first-order valence-corrected chi connectivity index (χ1v) is 5.17. The first kappa shape index (κ1) is 14.1. The van der Waals surface area contributed by atoms with Gasteiger partial charge in [0.2, 0.25) is 0 Å². The third kappa shape index (κ3) is 6.54. The molecule has 2 rings (SSSR count). The zero-order valence-corrected chi connectivity index (χ0v) is 9.88. The molecule has 0 spiro atoms. The maximum absolute atomic E-state index is 10.1. The molecule has 0 radical (unpaired) electrons. The molecule has 0 amide bonds. The molecule has 0 aliphatic carbocycles. The lowest BCUT2D eigenvalue weighted by molar-refractivity contribution is 0.112. The maximum Gasteiger partial charge on any atom is 0.180 e. The van der Waals surface area contributed by atoms with E-state index >= 15 is 0 Å². The van der Waals surface area contributed by atoms with Crippen molar-refractivity contribution in [3.8, 4) is 0 Å². The molecule has 1 aromatic heterocycles. The van der Waals surface area contributed by atoms with Crippen LogP contribution in [-0.2, 0) is 0 Å². The highest BCUT2D eigenvalue weighted by atomic mass is 16.3. The van der Waals surface area contributed by atoms with Crippen LogP contribution < -0.4 is 0 Å². The van der Waals surface area contributed by atoms with Gasteiger partial charge in [-0.05, 0) is 6.92 Å². The van der Waals surface area contributed by atoms with Gasteiger partial charge in [-0.1, -0.05) is 43.7 Å². The average molecular weight is 219 g/mol. The van der Waals surface area contributed by atoms with Crippen LogP contribution in [0.15, 0.2) is 47.5 Å². The number of aromatic nitrogens is 1. The van der Waals surface area contributed by atoms with E-state index in [9.17, 15) is 4.79 Å². The predicted molar refractivity (Wildman–Crippen MR) is 64.4 cm³/mol. The summed E-state index contributed by atoms with van der Waals surface area (Å²) in [6.07, 6.45) is 5.32. The van der Waals surface area contributed by atoms with Gasteiger partial charge < -0.3 is 4.42 Å². The van der Waals surface area contributed by atoms with Gasteiger partial charge in [0.15, 0.2) is 6.39 Å². The lowest BCUT2D eigenvalue weighted by Gasteiger charge is -1.89. The Bertz CT molecular complexity index is 335. The molecule has 0 saturated carbocycles. The first-order valence-electron chi connectivity index (χ1n) is 5.17. The van der Waals surface area contributed by atoms with Gasteiger partial charge in [0.05, 0.1) is 6.20 Å². The quantitative estimate of drug-likeness (QED) is 0.689. The molecule has 0 saturated heterocycles. The molecule has 1 aromatic carbocycles. The van der Waals surface area contributed by atoms with Crippen molar-refractivity contribution in [3.05, 3.63) is 54.2 Å². The van der Waals surface area contributed by atoms with E-state index in [1.165, 1.54) is 18.2 Å². The molecule has 0 fully saturated rings. The van der Waals surface area contributed by atoms with Crippen LogP contribution in [0.3, 0.4) is 0 Å². The van der Waals surface area contributed by atoms with Crippen molar-refractivity contribution in [2.75, 3.05) is 0 Å². The minimum Gasteiger partial charge on any atom is -0.452 e. The van der Waals surface area contributed by atoms with E-state index in [1.54, 1.807) is 6.20 Å². The fraction of sp³-hybridized carbons (Fsp3) is 0.231. The number of aldehydes is 1. The average Bonchev–Trinajstić information content (AvgIpc) is 2.91.